The Balaban J connectivity index is 4.37. The van der Waals surface area contributed by atoms with Gasteiger partial charge in [0.05, 0.1) is 6.61 Å². The van der Waals surface area contributed by atoms with E-state index in [0.717, 1.165) is 89.9 Å². The molecule has 0 aliphatic rings. The quantitative estimate of drug-likeness (QED) is 0.0349. The highest BCUT2D eigenvalue weighted by Gasteiger charge is 2.17. The van der Waals surface area contributed by atoms with Crippen molar-refractivity contribution < 1.29 is 23.8 Å². The SMILES string of the molecule is CC/C=C\C/C=C\C/C=C\C/C=C\CCCCC(=O)OCC(COCCCCCCCC/C=C\C/C=C\CCC)OC(=O)CCCCCCC/C=C\CCCCCC. The van der Waals surface area contributed by atoms with Gasteiger partial charge in [-0.1, -0.05) is 176 Å². The Labute approximate surface area is 359 Å². The fraction of sp³-hybridized carbons (Fsp3) is 0.698. The summed E-state index contributed by atoms with van der Waals surface area (Å²) in [4.78, 5) is 25.3. The van der Waals surface area contributed by atoms with E-state index in [9.17, 15) is 9.59 Å². The maximum atomic E-state index is 12.7. The van der Waals surface area contributed by atoms with E-state index in [-0.39, 0.29) is 25.2 Å². The van der Waals surface area contributed by atoms with Gasteiger partial charge in [0.2, 0.25) is 0 Å². The molecule has 0 radical (unpaired) electrons. The lowest BCUT2D eigenvalue weighted by molar-refractivity contribution is -0.163. The lowest BCUT2D eigenvalue weighted by Crippen LogP contribution is -2.30. The zero-order valence-corrected chi connectivity index (χ0v) is 38.0. The number of hydrogen-bond donors (Lipinski definition) is 0. The molecular weight excluding hydrogens is 717 g/mol. The predicted molar refractivity (Wildman–Crippen MR) is 251 cm³/mol. The van der Waals surface area contributed by atoms with E-state index >= 15 is 0 Å². The molecule has 0 spiro atoms. The number of carbonyl (C=O) groups is 2. The highest BCUT2D eigenvalue weighted by molar-refractivity contribution is 5.70. The van der Waals surface area contributed by atoms with Crippen LogP contribution in [0.3, 0.4) is 0 Å². The Kier molecular flexibility index (Phi) is 46.0. The van der Waals surface area contributed by atoms with Gasteiger partial charge in [-0.25, -0.2) is 0 Å². The molecule has 58 heavy (non-hydrogen) atoms. The van der Waals surface area contributed by atoms with E-state index in [1.807, 2.05) is 0 Å². The number of rotatable bonds is 43. The van der Waals surface area contributed by atoms with Gasteiger partial charge < -0.3 is 14.2 Å². The van der Waals surface area contributed by atoms with Crippen LogP contribution in [0.2, 0.25) is 0 Å². The fourth-order valence-corrected chi connectivity index (χ4v) is 6.30. The molecule has 0 aliphatic heterocycles. The van der Waals surface area contributed by atoms with Crippen LogP contribution in [0.4, 0.5) is 0 Å². The molecule has 5 nitrogen and oxygen atoms in total. The standard InChI is InChI=1S/C53H90O5/c1-4-7-10-13-16-19-22-25-27-29-31-34-37-40-43-46-52(54)57-50-51(49-56-48-45-42-39-36-33-30-26-23-20-17-14-11-8-5-2)58-53(55)47-44-41-38-35-32-28-24-21-18-15-12-9-6-3/h7,10-11,14,16,19-21,23-25,27,31,34,51H,4-6,8-9,12-13,15,17-18,22,26,28-30,32-33,35-50H2,1-3H3/b10-7-,14-11-,19-16-,23-20-,24-21-,27-25-,34-31-. The Morgan fingerprint density at radius 3 is 1.36 bits per heavy atom. The third kappa shape index (κ3) is 45.8. The molecule has 0 amide bonds. The monoisotopic (exact) mass is 807 g/mol. The van der Waals surface area contributed by atoms with E-state index in [0.29, 0.717) is 19.4 Å². The van der Waals surface area contributed by atoms with Gasteiger partial charge in [-0.3, -0.25) is 9.59 Å². The summed E-state index contributed by atoms with van der Waals surface area (Å²) >= 11 is 0. The fourth-order valence-electron chi connectivity index (χ4n) is 6.30. The molecule has 0 fully saturated rings. The van der Waals surface area contributed by atoms with Crippen LogP contribution in [0.15, 0.2) is 85.1 Å². The lowest BCUT2D eigenvalue weighted by Gasteiger charge is -2.18. The predicted octanol–water partition coefficient (Wildman–Crippen LogP) is 16.1. The number of hydrogen-bond acceptors (Lipinski definition) is 5. The zero-order valence-electron chi connectivity index (χ0n) is 38.0. The average molecular weight is 807 g/mol. The van der Waals surface area contributed by atoms with E-state index in [2.05, 4.69) is 106 Å². The van der Waals surface area contributed by atoms with Crippen LogP contribution in [-0.4, -0.2) is 37.9 Å². The smallest absolute Gasteiger partial charge is 0.306 e. The van der Waals surface area contributed by atoms with Gasteiger partial charge >= 0.3 is 11.9 Å². The van der Waals surface area contributed by atoms with Gasteiger partial charge in [0.15, 0.2) is 6.10 Å². The number of carbonyl (C=O) groups excluding carboxylic acids is 2. The molecule has 5 heteroatoms. The number of allylic oxidation sites excluding steroid dienone is 14. The molecule has 0 rings (SSSR count). The van der Waals surface area contributed by atoms with Crippen molar-refractivity contribution in [2.75, 3.05) is 19.8 Å². The van der Waals surface area contributed by atoms with E-state index < -0.39 is 6.10 Å². The van der Waals surface area contributed by atoms with Crippen molar-refractivity contribution >= 4 is 11.9 Å². The second-order valence-electron chi connectivity index (χ2n) is 15.6. The lowest BCUT2D eigenvalue weighted by atomic mass is 10.1. The summed E-state index contributed by atoms with van der Waals surface area (Å²) < 4.78 is 17.3. The number of unbranched alkanes of at least 4 members (excludes halogenated alkanes) is 18. The van der Waals surface area contributed by atoms with Gasteiger partial charge in [0, 0.05) is 19.4 Å². The van der Waals surface area contributed by atoms with E-state index in [1.165, 1.54) is 89.9 Å². The van der Waals surface area contributed by atoms with Crippen LogP contribution in [-0.2, 0) is 23.8 Å². The molecule has 1 unspecified atom stereocenters. The van der Waals surface area contributed by atoms with Gasteiger partial charge in [-0.05, 0) is 109 Å². The van der Waals surface area contributed by atoms with Crippen LogP contribution in [0, 0.1) is 0 Å². The normalized spacial score (nSPS) is 12.9. The molecule has 0 aromatic heterocycles. The van der Waals surface area contributed by atoms with Crippen molar-refractivity contribution in [1.29, 1.82) is 0 Å². The molecular formula is C53H90O5. The molecule has 0 aromatic rings. The first kappa shape index (κ1) is 55.1. The first-order valence-electron chi connectivity index (χ1n) is 24.1. The average Bonchev–Trinajstić information content (AvgIpc) is 3.22. The molecule has 0 heterocycles. The Hall–Kier alpha value is -2.92. The van der Waals surface area contributed by atoms with E-state index in [4.69, 9.17) is 14.2 Å². The highest BCUT2D eigenvalue weighted by Crippen LogP contribution is 2.12. The maximum Gasteiger partial charge on any atom is 0.306 e. The molecule has 332 valence electrons. The third-order valence-corrected chi connectivity index (χ3v) is 9.87. The number of ether oxygens (including phenoxy) is 3. The third-order valence-electron chi connectivity index (χ3n) is 9.87. The Morgan fingerprint density at radius 1 is 0.397 bits per heavy atom. The van der Waals surface area contributed by atoms with Crippen molar-refractivity contribution in [2.45, 2.75) is 219 Å². The second kappa shape index (κ2) is 48.4. The Morgan fingerprint density at radius 2 is 0.810 bits per heavy atom. The van der Waals surface area contributed by atoms with Crippen LogP contribution in [0.1, 0.15) is 213 Å². The van der Waals surface area contributed by atoms with Crippen molar-refractivity contribution in [3.05, 3.63) is 85.1 Å². The van der Waals surface area contributed by atoms with Crippen molar-refractivity contribution in [2.24, 2.45) is 0 Å². The topological polar surface area (TPSA) is 61.8 Å². The first-order valence-corrected chi connectivity index (χ1v) is 24.1. The molecule has 0 aliphatic carbocycles. The zero-order chi connectivity index (χ0) is 42.1. The summed E-state index contributed by atoms with van der Waals surface area (Å²) in [5.41, 5.74) is 0. The Bertz CT molecular complexity index is 1090. The largest absolute Gasteiger partial charge is 0.462 e. The molecule has 1 atom stereocenters. The van der Waals surface area contributed by atoms with Gasteiger partial charge in [-0.2, -0.15) is 0 Å². The summed E-state index contributed by atoms with van der Waals surface area (Å²) in [6.07, 6.45) is 63.0. The minimum absolute atomic E-state index is 0.0526. The maximum absolute atomic E-state index is 12.7. The second-order valence-corrected chi connectivity index (χ2v) is 15.6. The summed E-state index contributed by atoms with van der Waals surface area (Å²) in [7, 11) is 0. The van der Waals surface area contributed by atoms with Crippen molar-refractivity contribution in [3.8, 4) is 0 Å². The minimum Gasteiger partial charge on any atom is -0.462 e. The summed E-state index contributed by atoms with van der Waals surface area (Å²) in [6, 6.07) is 0. The first-order chi connectivity index (χ1) is 28.6. The van der Waals surface area contributed by atoms with Crippen LogP contribution < -0.4 is 0 Å². The molecule has 0 bridgehead atoms. The van der Waals surface area contributed by atoms with Crippen molar-refractivity contribution in [3.63, 3.8) is 0 Å². The van der Waals surface area contributed by atoms with Gasteiger partial charge in [-0.15, -0.1) is 0 Å². The molecule has 0 saturated heterocycles. The molecule has 0 aromatic carbocycles. The van der Waals surface area contributed by atoms with Gasteiger partial charge in [0.1, 0.15) is 6.61 Å². The van der Waals surface area contributed by atoms with Crippen LogP contribution in [0.25, 0.3) is 0 Å². The minimum atomic E-state index is -0.565. The highest BCUT2D eigenvalue weighted by atomic mass is 16.6. The van der Waals surface area contributed by atoms with Crippen LogP contribution >= 0.6 is 0 Å². The van der Waals surface area contributed by atoms with Crippen LogP contribution in [0.5, 0.6) is 0 Å². The summed E-state index contributed by atoms with van der Waals surface area (Å²) in [5.74, 6) is -0.465. The summed E-state index contributed by atoms with van der Waals surface area (Å²) in [5, 5.41) is 0. The van der Waals surface area contributed by atoms with Crippen molar-refractivity contribution in [1.82, 2.24) is 0 Å². The summed E-state index contributed by atoms with van der Waals surface area (Å²) in [6.45, 7) is 7.55. The van der Waals surface area contributed by atoms with E-state index in [1.54, 1.807) is 0 Å². The van der Waals surface area contributed by atoms with Gasteiger partial charge in [0.25, 0.3) is 0 Å². The number of esters is 2. The molecule has 0 saturated carbocycles. The molecule has 0 N–H and O–H groups in total.